The van der Waals surface area contributed by atoms with Gasteiger partial charge in [-0.15, -0.1) is 11.3 Å². The Labute approximate surface area is 206 Å². The van der Waals surface area contributed by atoms with E-state index in [4.69, 9.17) is 22.1 Å². The summed E-state index contributed by atoms with van der Waals surface area (Å²) >= 11 is 8.01. The van der Waals surface area contributed by atoms with Crippen molar-refractivity contribution in [1.29, 1.82) is 5.26 Å². The molecular weight excluding hydrogens is 475 g/mol. The van der Waals surface area contributed by atoms with Crippen LogP contribution >= 0.6 is 22.9 Å². The maximum atomic E-state index is 15.7. The van der Waals surface area contributed by atoms with E-state index in [1.165, 1.54) is 17.4 Å². The number of rotatable bonds is 2. The number of ether oxygens (including phenoxy) is 1. The molecule has 6 nitrogen and oxygen atoms in total. The molecule has 2 aliphatic rings. The molecule has 1 unspecified atom stereocenters. The van der Waals surface area contributed by atoms with Gasteiger partial charge < -0.3 is 15.4 Å². The van der Waals surface area contributed by atoms with Crippen molar-refractivity contribution in [3.8, 4) is 22.9 Å². The highest BCUT2D eigenvalue weighted by atomic mass is 35.5. The summed E-state index contributed by atoms with van der Waals surface area (Å²) in [6.45, 7) is 6.74. The van der Waals surface area contributed by atoms with Crippen molar-refractivity contribution < 1.29 is 13.9 Å². The van der Waals surface area contributed by atoms with E-state index in [1.54, 1.807) is 12.1 Å². The number of piperazine rings is 1. The molecule has 1 saturated heterocycles. The number of thiophene rings is 1. The Hall–Kier alpha value is -2.86. The Morgan fingerprint density at radius 3 is 2.85 bits per heavy atom. The SMILES string of the molecule is CC(C)N1CCN2C(=O)c3cc(F)c(-c4cccc5sc(N)c(C#N)c45)c(Cl)c3OCCC2C1. The van der Waals surface area contributed by atoms with Gasteiger partial charge >= 0.3 is 0 Å². The van der Waals surface area contributed by atoms with E-state index in [-0.39, 0.29) is 33.8 Å². The lowest BCUT2D eigenvalue weighted by Crippen LogP contribution is -2.57. The molecule has 0 radical (unpaired) electrons. The van der Waals surface area contributed by atoms with Crippen molar-refractivity contribution in [3.05, 3.63) is 46.2 Å². The third-order valence-electron chi connectivity index (χ3n) is 6.73. The molecular formula is C25H24ClFN4O2S. The van der Waals surface area contributed by atoms with Gasteiger partial charge in [0.25, 0.3) is 5.91 Å². The summed E-state index contributed by atoms with van der Waals surface area (Å²) in [6.07, 6.45) is 0.659. The normalized spacial score (nSPS) is 18.8. The molecule has 9 heteroatoms. The van der Waals surface area contributed by atoms with Gasteiger partial charge in [-0.1, -0.05) is 23.7 Å². The number of hydrogen-bond donors (Lipinski definition) is 1. The zero-order valence-corrected chi connectivity index (χ0v) is 20.5. The number of carbonyl (C=O) groups is 1. The highest BCUT2D eigenvalue weighted by molar-refractivity contribution is 7.23. The average Bonchev–Trinajstić information content (AvgIpc) is 3.14. The van der Waals surface area contributed by atoms with Crippen molar-refractivity contribution >= 4 is 43.9 Å². The standard InChI is InChI=1S/C25H24ClFN4O2S/c1-13(2)30-7-8-31-14(12-30)6-9-33-23-16(25(31)32)10-18(27)21(22(23)26)15-4-3-5-19-20(15)17(11-28)24(29)34-19/h3-5,10,13-14H,6-9,12,29H2,1-2H3. The predicted molar refractivity (Wildman–Crippen MR) is 133 cm³/mol. The summed E-state index contributed by atoms with van der Waals surface area (Å²) in [5, 5.41) is 10.6. The number of anilines is 1. The lowest BCUT2D eigenvalue weighted by atomic mass is 9.96. The Kier molecular flexibility index (Phi) is 5.88. The molecule has 3 aromatic rings. The van der Waals surface area contributed by atoms with Crippen LogP contribution in [0.5, 0.6) is 5.75 Å². The quantitative estimate of drug-likeness (QED) is 0.529. The van der Waals surface area contributed by atoms with E-state index in [0.29, 0.717) is 47.1 Å². The molecule has 2 N–H and O–H groups in total. The zero-order valence-electron chi connectivity index (χ0n) is 18.9. The van der Waals surface area contributed by atoms with Crippen LogP contribution in [0.25, 0.3) is 21.2 Å². The van der Waals surface area contributed by atoms with Crippen LogP contribution in [0, 0.1) is 17.1 Å². The number of benzene rings is 2. The number of nitrogen functional groups attached to an aromatic ring is 1. The molecule has 1 atom stereocenters. The number of fused-ring (bicyclic) bond motifs is 3. The van der Waals surface area contributed by atoms with Gasteiger partial charge in [-0.25, -0.2) is 4.39 Å². The van der Waals surface area contributed by atoms with Gasteiger partial charge in [-0.2, -0.15) is 5.26 Å². The second-order valence-corrected chi connectivity index (χ2v) is 10.4. The topological polar surface area (TPSA) is 82.6 Å². The van der Waals surface area contributed by atoms with E-state index in [0.717, 1.165) is 17.8 Å². The largest absolute Gasteiger partial charge is 0.491 e. The summed E-state index contributed by atoms with van der Waals surface area (Å²) in [6, 6.07) is 9.03. The smallest absolute Gasteiger partial charge is 0.258 e. The lowest BCUT2D eigenvalue weighted by Gasteiger charge is -2.44. The Morgan fingerprint density at radius 1 is 1.32 bits per heavy atom. The fourth-order valence-corrected chi connectivity index (χ4v) is 6.24. The maximum absolute atomic E-state index is 15.7. The van der Waals surface area contributed by atoms with Crippen molar-refractivity contribution in [1.82, 2.24) is 9.80 Å². The number of carbonyl (C=O) groups excluding carboxylic acids is 1. The minimum atomic E-state index is -0.639. The number of nitrogens with zero attached hydrogens (tertiary/aromatic N) is 3. The average molecular weight is 499 g/mol. The first-order valence-electron chi connectivity index (χ1n) is 11.2. The second-order valence-electron chi connectivity index (χ2n) is 8.93. The van der Waals surface area contributed by atoms with E-state index >= 15 is 4.39 Å². The van der Waals surface area contributed by atoms with Crippen LogP contribution in [0.4, 0.5) is 9.39 Å². The lowest BCUT2D eigenvalue weighted by molar-refractivity contribution is 0.0301. The van der Waals surface area contributed by atoms with Gasteiger partial charge in [-0.3, -0.25) is 9.69 Å². The maximum Gasteiger partial charge on any atom is 0.258 e. The van der Waals surface area contributed by atoms with Crippen LogP contribution in [0.2, 0.25) is 5.02 Å². The number of halogens is 2. The molecule has 5 rings (SSSR count). The Bertz CT molecular complexity index is 1350. The summed E-state index contributed by atoms with van der Waals surface area (Å²) in [5.41, 5.74) is 7.02. The molecule has 3 heterocycles. The fraction of sp³-hybridized carbons (Fsp3) is 0.360. The highest BCUT2D eigenvalue weighted by Gasteiger charge is 2.36. The molecule has 0 aliphatic carbocycles. The van der Waals surface area contributed by atoms with Crippen molar-refractivity contribution in [2.45, 2.75) is 32.4 Å². The molecule has 0 bridgehead atoms. The number of amides is 1. The van der Waals surface area contributed by atoms with E-state index in [2.05, 4.69) is 24.8 Å². The molecule has 1 amide bonds. The van der Waals surface area contributed by atoms with Gasteiger partial charge in [0.05, 0.1) is 22.8 Å². The van der Waals surface area contributed by atoms with Crippen LogP contribution in [-0.2, 0) is 0 Å². The number of nitriles is 1. The van der Waals surface area contributed by atoms with Gasteiger partial charge in [0.1, 0.15) is 16.9 Å². The summed E-state index contributed by atoms with van der Waals surface area (Å²) < 4.78 is 22.4. The Balaban J connectivity index is 1.63. The van der Waals surface area contributed by atoms with Gasteiger partial charge in [-0.05, 0) is 31.5 Å². The van der Waals surface area contributed by atoms with Crippen LogP contribution < -0.4 is 10.5 Å². The third kappa shape index (κ3) is 3.59. The van der Waals surface area contributed by atoms with E-state index in [9.17, 15) is 10.1 Å². The predicted octanol–water partition coefficient (Wildman–Crippen LogP) is 5.13. The van der Waals surface area contributed by atoms with Gasteiger partial charge in [0.15, 0.2) is 5.75 Å². The van der Waals surface area contributed by atoms with E-state index in [1.807, 2.05) is 11.0 Å². The van der Waals surface area contributed by atoms with Gasteiger partial charge in [0.2, 0.25) is 0 Å². The monoisotopic (exact) mass is 498 g/mol. The van der Waals surface area contributed by atoms with Crippen LogP contribution in [0.1, 0.15) is 36.2 Å². The van der Waals surface area contributed by atoms with Crippen molar-refractivity contribution in [2.24, 2.45) is 0 Å². The molecule has 2 aliphatic heterocycles. The molecule has 0 saturated carbocycles. The van der Waals surface area contributed by atoms with Crippen molar-refractivity contribution in [2.75, 3.05) is 32.0 Å². The number of nitrogens with two attached hydrogens (primary N) is 1. The molecule has 176 valence electrons. The van der Waals surface area contributed by atoms with Crippen LogP contribution in [0.3, 0.4) is 0 Å². The molecule has 34 heavy (non-hydrogen) atoms. The second kappa shape index (κ2) is 8.73. The van der Waals surface area contributed by atoms with Crippen molar-refractivity contribution in [3.63, 3.8) is 0 Å². The first-order chi connectivity index (χ1) is 16.3. The van der Waals surface area contributed by atoms with Gasteiger partial charge in [0, 0.05) is 53.8 Å². The molecule has 1 fully saturated rings. The van der Waals surface area contributed by atoms with Crippen LogP contribution in [0.15, 0.2) is 24.3 Å². The number of hydrogen-bond acceptors (Lipinski definition) is 6. The zero-order chi connectivity index (χ0) is 24.1. The molecule has 1 aromatic heterocycles. The third-order valence-corrected chi connectivity index (χ3v) is 8.08. The fourth-order valence-electron chi connectivity index (χ4n) is 4.95. The van der Waals surface area contributed by atoms with E-state index < -0.39 is 5.82 Å². The highest BCUT2D eigenvalue weighted by Crippen LogP contribution is 2.46. The first kappa shape index (κ1) is 22.9. The molecule has 2 aromatic carbocycles. The van der Waals surface area contributed by atoms with Crippen LogP contribution in [-0.4, -0.2) is 54.0 Å². The minimum absolute atomic E-state index is 0.000898. The summed E-state index contributed by atoms with van der Waals surface area (Å²) in [7, 11) is 0. The molecule has 0 spiro atoms. The summed E-state index contributed by atoms with van der Waals surface area (Å²) in [4.78, 5) is 17.7. The first-order valence-corrected chi connectivity index (χ1v) is 12.4. The Morgan fingerprint density at radius 2 is 2.12 bits per heavy atom. The minimum Gasteiger partial charge on any atom is -0.491 e. The summed E-state index contributed by atoms with van der Waals surface area (Å²) in [5.74, 6) is -0.725.